The monoisotopic (exact) mass is 372 g/mol. The van der Waals surface area contributed by atoms with Gasteiger partial charge in [-0.15, -0.1) is 0 Å². The van der Waals surface area contributed by atoms with Gasteiger partial charge in [0.25, 0.3) is 0 Å². The smallest absolute Gasteiger partial charge is 0.220 e. The minimum absolute atomic E-state index is 0.0657. The Balaban J connectivity index is 2.15. The molecule has 1 fully saturated rings. The summed E-state index contributed by atoms with van der Waals surface area (Å²) >= 11 is 0. The summed E-state index contributed by atoms with van der Waals surface area (Å²) in [5.74, 6) is 0.125. The number of amides is 1. The minimum Gasteiger partial charge on any atom is -0.350 e. The zero-order valence-corrected chi connectivity index (χ0v) is 18.4. The summed E-state index contributed by atoms with van der Waals surface area (Å²) in [6.07, 6.45) is 5.36. The summed E-state index contributed by atoms with van der Waals surface area (Å²) in [4.78, 5) is 14.6. The zero-order valence-electron chi connectivity index (χ0n) is 18.4. The number of rotatable bonds is 7. The zero-order chi connectivity index (χ0) is 20.1. The number of piperidine rings is 1. The number of nitrogens with zero attached hydrogens (tertiary/aromatic N) is 1. The Bertz CT molecular complexity index is 609. The number of hydrogen-bond acceptors (Lipinski definition) is 2. The van der Waals surface area contributed by atoms with Crippen molar-refractivity contribution in [1.29, 1.82) is 0 Å². The number of hydrogen-bond donors (Lipinski definition) is 1. The number of carbonyl (C=O) groups is 1. The van der Waals surface area contributed by atoms with Crippen molar-refractivity contribution in [2.45, 2.75) is 85.1 Å². The van der Waals surface area contributed by atoms with Crippen molar-refractivity contribution in [3.8, 4) is 0 Å². The number of carbonyl (C=O) groups excluding carboxylic acids is 1. The first-order chi connectivity index (χ1) is 12.7. The van der Waals surface area contributed by atoms with Crippen LogP contribution in [0.15, 0.2) is 24.3 Å². The highest BCUT2D eigenvalue weighted by atomic mass is 16.1. The third-order valence-electron chi connectivity index (χ3n) is 6.37. The van der Waals surface area contributed by atoms with Crippen LogP contribution in [0.3, 0.4) is 0 Å². The van der Waals surface area contributed by atoms with Crippen LogP contribution in [-0.4, -0.2) is 30.4 Å². The summed E-state index contributed by atoms with van der Waals surface area (Å²) in [5.41, 5.74) is 3.38. The second-order valence-corrected chi connectivity index (χ2v) is 9.52. The van der Waals surface area contributed by atoms with Gasteiger partial charge in [0.2, 0.25) is 5.91 Å². The van der Waals surface area contributed by atoms with Gasteiger partial charge in [0.15, 0.2) is 0 Å². The molecule has 1 amide bonds. The molecule has 1 N–H and O–H groups in total. The van der Waals surface area contributed by atoms with Gasteiger partial charge in [-0.25, -0.2) is 0 Å². The number of likely N-dealkylation sites (tertiary alicyclic amines) is 1. The molecule has 3 heteroatoms. The Labute approximate surface area is 166 Å². The Morgan fingerprint density at radius 3 is 2.37 bits per heavy atom. The van der Waals surface area contributed by atoms with Crippen LogP contribution in [0.1, 0.15) is 90.8 Å². The first-order valence-electron chi connectivity index (χ1n) is 10.8. The van der Waals surface area contributed by atoms with E-state index < -0.39 is 0 Å². The quantitative estimate of drug-likeness (QED) is 0.690. The molecule has 0 aliphatic carbocycles. The molecule has 0 unspecified atom stereocenters. The molecule has 0 aromatic heterocycles. The standard InChI is InChI=1S/C24H40N2O/c1-7-22(27)25-19(3)20-11-9-10-12-21(20)24(8-2)14-17-26(18-15-24)16-13-23(4,5)6/h9-12,19H,7-8,13-18H2,1-6H3,(H,25,27)/t19-/m0/s1. The SMILES string of the molecule is CCC(=O)N[C@@H](C)c1ccccc1C1(CC)CCN(CCC(C)(C)C)CC1. The molecular weight excluding hydrogens is 332 g/mol. The lowest BCUT2D eigenvalue weighted by molar-refractivity contribution is -0.121. The van der Waals surface area contributed by atoms with E-state index in [0.29, 0.717) is 11.8 Å². The molecule has 1 aromatic carbocycles. The van der Waals surface area contributed by atoms with E-state index in [0.717, 1.165) is 6.42 Å². The largest absolute Gasteiger partial charge is 0.350 e. The molecule has 1 saturated heterocycles. The van der Waals surface area contributed by atoms with E-state index in [1.165, 1.54) is 50.0 Å². The summed E-state index contributed by atoms with van der Waals surface area (Å²) < 4.78 is 0. The molecule has 1 atom stereocenters. The van der Waals surface area contributed by atoms with Crippen LogP contribution < -0.4 is 5.32 Å². The lowest BCUT2D eigenvalue weighted by atomic mass is 9.68. The molecule has 152 valence electrons. The minimum atomic E-state index is 0.0657. The lowest BCUT2D eigenvalue weighted by Crippen LogP contribution is -2.44. The van der Waals surface area contributed by atoms with Crippen LogP contribution in [0.5, 0.6) is 0 Å². The molecule has 3 nitrogen and oxygen atoms in total. The van der Waals surface area contributed by atoms with Gasteiger partial charge in [-0.3, -0.25) is 4.79 Å². The van der Waals surface area contributed by atoms with Gasteiger partial charge in [-0.2, -0.15) is 0 Å². The van der Waals surface area contributed by atoms with Crippen molar-refractivity contribution in [3.05, 3.63) is 35.4 Å². The molecule has 2 rings (SSSR count). The van der Waals surface area contributed by atoms with Gasteiger partial charge in [-0.1, -0.05) is 58.9 Å². The van der Waals surface area contributed by atoms with Gasteiger partial charge in [0.05, 0.1) is 6.04 Å². The van der Waals surface area contributed by atoms with Gasteiger partial charge >= 0.3 is 0 Å². The van der Waals surface area contributed by atoms with Crippen molar-refractivity contribution in [2.24, 2.45) is 5.41 Å². The van der Waals surface area contributed by atoms with E-state index in [4.69, 9.17) is 0 Å². The molecular formula is C24H40N2O. The third kappa shape index (κ3) is 5.81. The molecule has 0 radical (unpaired) electrons. The average molecular weight is 373 g/mol. The normalized spacial score (nSPS) is 18.9. The number of nitrogens with one attached hydrogen (secondary N) is 1. The molecule has 1 aromatic rings. The molecule has 0 spiro atoms. The summed E-state index contributed by atoms with van der Waals surface area (Å²) in [6.45, 7) is 16.9. The van der Waals surface area contributed by atoms with E-state index in [1.807, 2.05) is 6.92 Å². The summed E-state index contributed by atoms with van der Waals surface area (Å²) in [6, 6.07) is 8.85. The van der Waals surface area contributed by atoms with Crippen molar-refractivity contribution >= 4 is 5.91 Å². The average Bonchev–Trinajstić information content (AvgIpc) is 2.66. The van der Waals surface area contributed by atoms with Crippen molar-refractivity contribution in [1.82, 2.24) is 10.2 Å². The maximum atomic E-state index is 11.9. The summed E-state index contributed by atoms with van der Waals surface area (Å²) in [5, 5.41) is 3.16. The second-order valence-electron chi connectivity index (χ2n) is 9.52. The topological polar surface area (TPSA) is 32.3 Å². The highest BCUT2D eigenvalue weighted by molar-refractivity contribution is 5.76. The van der Waals surface area contributed by atoms with Crippen LogP contribution >= 0.6 is 0 Å². The van der Waals surface area contributed by atoms with Gasteiger partial charge in [0.1, 0.15) is 0 Å². The van der Waals surface area contributed by atoms with Gasteiger partial charge < -0.3 is 10.2 Å². The molecule has 1 aliphatic heterocycles. The van der Waals surface area contributed by atoms with E-state index in [9.17, 15) is 4.79 Å². The predicted octanol–water partition coefficient (Wildman–Crippen LogP) is 5.45. The van der Waals surface area contributed by atoms with E-state index in [1.54, 1.807) is 0 Å². The van der Waals surface area contributed by atoms with Gasteiger partial charge in [0, 0.05) is 6.42 Å². The Morgan fingerprint density at radius 2 is 1.81 bits per heavy atom. The summed E-state index contributed by atoms with van der Waals surface area (Å²) in [7, 11) is 0. The molecule has 0 bridgehead atoms. The Hall–Kier alpha value is -1.35. The predicted molar refractivity (Wildman–Crippen MR) is 115 cm³/mol. The van der Waals surface area contributed by atoms with Crippen LogP contribution in [0.25, 0.3) is 0 Å². The molecule has 0 saturated carbocycles. The fourth-order valence-electron chi connectivity index (χ4n) is 4.29. The second kappa shape index (κ2) is 9.23. The van der Waals surface area contributed by atoms with Gasteiger partial charge in [-0.05, 0) is 74.2 Å². The highest BCUT2D eigenvalue weighted by Gasteiger charge is 2.36. The van der Waals surface area contributed by atoms with Crippen LogP contribution in [-0.2, 0) is 10.2 Å². The Kier molecular flexibility index (Phi) is 7.50. The highest BCUT2D eigenvalue weighted by Crippen LogP contribution is 2.41. The van der Waals surface area contributed by atoms with Crippen LogP contribution in [0, 0.1) is 5.41 Å². The van der Waals surface area contributed by atoms with Crippen LogP contribution in [0.2, 0.25) is 0 Å². The maximum absolute atomic E-state index is 11.9. The molecule has 27 heavy (non-hydrogen) atoms. The lowest BCUT2D eigenvalue weighted by Gasteiger charge is -2.44. The fourth-order valence-corrected chi connectivity index (χ4v) is 4.29. The molecule has 1 heterocycles. The van der Waals surface area contributed by atoms with Crippen LogP contribution in [0.4, 0.5) is 0 Å². The first kappa shape index (κ1) is 21.9. The Morgan fingerprint density at radius 1 is 1.19 bits per heavy atom. The van der Waals surface area contributed by atoms with E-state index in [2.05, 4.69) is 69.1 Å². The first-order valence-corrected chi connectivity index (χ1v) is 10.8. The third-order valence-corrected chi connectivity index (χ3v) is 6.37. The van der Waals surface area contributed by atoms with Crippen molar-refractivity contribution in [3.63, 3.8) is 0 Å². The van der Waals surface area contributed by atoms with E-state index in [-0.39, 0.29) is 17.4 Å². The van der Waals surface area contributed by atoms with Crippen molar-refractivity contribution < 1.29 is 4.79 Å². The van der Waals surface area contributed by atoms with E-state index >= 15 is 0 Å². The fraction of sp³-hybridized carbons (Fsp3) is 0.708. The van der Waals surface area contributed by atoms with Crippen molar-refractivity contribution in [2.75, 3.05) is 19.6 Å². The maximum Gasteiger partial charge on any atom is 0.220 e. The molecule has 1 aliphatic rings. The number of benzene rings is 1.